The zero-order valence-corrected chi connectivity index (χ0v) is 34.9. The fraction of sp³-hybridized carbons (Fsp3) is 0.523. The maximum absolute atomic E-state index is 13.9. The standard InChI is InChI=1S/C44H65N5O7/c1-48(2,3)30-14-19-41(51)45-29-13-12-18-40(47-42(52)20-15-31-49(4,5)6)43(53)46-37(32-50)33-56-44(34-16-10-9-11-17-34,35-21-25-38(54-7)26-22-35)36-23-27-39(55-8)28-24-36/h9-11,16-17,21-28,37,40,50H,12-15,18-20,29-33H2,1-8H3,(H-2,45,46,47,51,52,53)/p+2. The van der Waals surface area contributed by atoms with Gasteiger partial charge in [-0.25, -0.2) is 0 Å². The largest absolute Gasteiger partial charge is 0.497 e. The van der Waals surface area contributed by atoms with Gasteiger partial charge in [0.2, 0.25) is 17.7 Å². The van der Waals surface area contributed by atoms with Gasteiger partial charge in [0.05, 0.1) is 88.9 Å². The van der Waals surface area contributed by atoms with Crippen LogP contribution in [0.25, 0.3) is 0 Å². The summed E-state index contributed by atoms with van der Waals surface area (Å²) in [4.78, 5) is 39.4. The summed E-state index contributed by atoms with van der Waals surface area (Å²) in [6.07, 6.45) is 3.86. The molecule has 56 heavy (non-hydrogen) atoms. The topological polar surface area (TPSA) is 135 Å². The zero-order chi connectivity index (χ0) is 41.2. The second kappa shape index (κ2) is 22.3. The lowest BCUT2D eigenvalue weighted by Crippen LogP contribution is -2.52. The third kappa shape index (κ3) is 15.2. The third-order valence-electron chi connectivity index (χ3n) is 9.60. The number of amides is 3. The molecule has 0 aliphatic heterocycles. The first-order chi connectivity index (χ1) is 26.6. The summed E-state index contributed by atoms with van der Waals surface area (Å²) in [6.45, 7) is 1.76. The molecule has 0 aliphatic carbocycles. The lowest BCUT2D eigenvalue weighted by Gasteiger charge is -2.37. The van der Waals surface area contributed by atoms with Crippen LogP contribution in [0.15, 0.2) is 78.9 Å². The Balaban J connectivity index is 1.80. The van der Waals surface area contributed by atoms with E-state index in [1.807, 2.05) is 78.9 Å². The lowest BCUT2D eigenvalue weighted by molar-refractivity contribution is -0.870. The molecule has 308 valence electrons. The molecule has 3 rings (SSSR count). The third-order valence-corrected chi connectivity index (χ3v) is 9.60. The van der Waals surface area contributed by atoms with Gasteiger partial charge in [-0.3, -0.25) is 14.4 Å². The Labute approximate surface area is 334 Å². The van der Waals surface area contributed by atoms with Crippen molar-refractivity contribution >= 4 is 17.7 Å². The van der Waals surface area contributed by atoms with Crippen LogP contribution in [-0.4, -0.2) is 133 Å². The molecule has 4 N–H and O–H groups in total. The molecule has 0 aliphatic rings. The monoisotopic (exact) mass is 778 g/mol. The first-order valence-corrected chi connectivity index (χ1v) is 19.7. The van der Waals surface area contributed by atoms with Crippen LogP contribution in [0.2, 0.25) is 0 Å². The Bertz CT molecular complexity index is 1570. The lowest BCUT2D eigenvalue weighted by atomic mass is 9.80. The minimum Gasteiger partial charge on any atom is -0.497 e. The van der Waals surface area contributed by atoms with Gasteiger partial charge in [0, 0.05) is 32.2 Å². The Hall–Kier alpha value is -4.49. The van der Waals surface area contributed by atoms with Gasteiger partial charge in [-0.2, -0.15) is 0 Å². The van der Waals surface area contributed by atoms with E-state index in [2.05, 4.69) is 58.2 Å². The molecule has 0 aromatic heterocycles. The van der Waals surface area contributed by atoms with Crippen molar-refractivity contribution < 1.29 is 42.7 Å². The first-order valence-electron chi connectivity index (χ1n) is 19.7. The predicted octanol–water partition coefficient (Wildman–Crippen LogP) is 4.23. The minimum atomic E-state index is -1.15. The SMILES string of the molecule is COc1ccc(C(OCC(CO)NC(=O)C(CCCCNC(=O)CCC[N+](C)(C)C)NC(=O)CCC[N+](C)(C)C)(c2ccccc2)c2ccc(OC)cc2)cc1. The highest BCUT2D eigenvalue weighted by Gasteiger charge is 2.39. The molecule has 2 unspecified atom stereocenters. The van der Waals surface area contributed by atoms with Crippen LogP contribution in [-0.2, 0) is 24.7 Å². The zero-order valence-electron chi connectivity index (χ0n) is 34.9. The summed E-state index contributed by atoms with van der Waals surface area (Å²) >= 11 is 0. The summed E-state index contributed by atoms with van der Waals surface area (Å²) in [5.41, 5.74) is 1.33. The number of aliphatic hydroxyl groups excluding tert-OH is 1. The van der Waals surface area contributed by atoms with Crippen molar-refractivity contribution in [3.8, 4) is 11.5 Å². The Kier molecular flexibility index (Phi) is 18.3. The maximum atomic E-state index is 13.9. The molecule has 3 amide bonds. The Morgan fingerprint density at radius 2 is 1.16 bits per heavy atom. The molecule has 0 spiro atoms. The van der Waals surface area contributed by atoms with Crippen molar-refractivity contribution in [1.29, 1.82) is 0 Å². The number of hydrogen-bond acceptors (Lipinski definition) is 7. The van der Waals surface area contributed by atoms with Crippen molar-refractivity contribution in [3.63, 3.8) is 0 Å². The molecule has 0 fully saturated rings. The number of unbranched alkanes of at least 4 members (excludes halogenated alkanes) is 1. The first kappa shape index (κ1) is 45.9. The molecule has 0 saturated carbocycles. The van der Waals surface area contributed by atoms with E-state index >= 15 is 0 Å². The van der Waals surface area contributed by atoms with Crippen LogP contribution < -0.4 is 25.4 Å². The highest BCUT2D eigenvalue weighted by Crippen LogP contribution is 2.41. The number of nitrogens with one attached hydrogen (secondary N) is 3. The minimum absolute atomic E-state index is 0.0138. The summed E-state index contributed by atoms with van der Waals surface area (Å²) < 4.78 is 19.4. The number of rotatable bonds is 25. The quantitative estimate of drug-likeness (QED) is 0.0575. The van der Waals surface area contributed by atoms with Gasteiger partial charge >= 0.3 is 0 Å². The number of quaternary nitrogens is 2. The van der Waals surface area contributed by atoms with Crippen LogP contribution >= 0.6 is 0 Å². The van der Waals surface area contributed by atoms with Gasteiger partial charge in [-0.15, -0.1) is 0 Å². The van der Waals surface area contributed by atoms with Crippen molar-refractivity contribution in [3.05, 3.63) is 95.6 Å². The molecule has 3 aromatic rings. The average Bonchev–Trinajstić information content (AvgIpc) is 3.16. The number of carbonyl (C=O) groups is 3. The summed E-state index contributed by atoms with van der Waals surface area (Å²) in [5.74, 6) is 0.780. The molecule has 12 heteroatoms. The molecule has 0 bridgehead atoms. The number of nitrogens with zero attached hydrogens (tertiary/aromatic N) is 2. The van der Waals surface area contributed by atoms with Gasteiger partial charge in [-0.05, 0) is 60.2 Å². The van der Waals surface area contributed by atoms with Crippen molar-refractivity contribution in [1.82, 2.24) is 16.0 Å². The van der Waals surface area contributed by atoms with Crippen LogP contribution in [0, 0.1) is 0 Å². The molecule has 12 nitrogen and oxygen atoms in total. The van der Waals surface area contributed by atoms with E-state index in [4.69, 9.17) is 14.2 Å². The number of aliphatic hydroxyl groups is 1. The normalized spacial score (nSPS) is 13.0. The smallest absolute Gasteiger partial charge is 0.242 e. The number of methoxy groups -OCH3 is 2. The second-order valence-electron chi connectivity index (χ2n) is 16.4. The number of ether oxygens (including phenoxy) is 3. The van der Waals surface area contributed by atoms with Crippen molar-refractivity contribution in [2.45, 2.75) is 62.6 Å². The van der Waals surface area contributed by atoms with Crippen LogP contribution in [0.3, 0.4) is 0 Å². The molecule has 0 heterocycles. The van der Waals surface area contributed by atoms with Gasteiger partial charge in [-0.1, -0.05) is 54.6 Å². The van der Waals surface area contributed by atoms with Crippen molar-refractivity contribution in [2.24, 2.45) is 0 Å². The molecular formula is C44H67N5O7+2. The molecule has 0 saturated heterocycles. The predicted molar refractivity (Wildman–Crippen MR) is 220 cm³/mol. The molecular weight excluding hydrogens is 711 g/mol. The highest BCUT2D eigenvalue weighted by atomic mass is 16.5. The number of benzene rings is 3. The summed E-state index contributed by atoms with van der Waals surface area (Å²) in [6, 6.07) is 23.4. The van der Waals surface area contributed by atoms with E-state index in [0.29, 0.717) is 56.6 Å². The summed E-state index contributed by atoms with van der Waals surface area (Å²) in [7, 11) is 15.8. The number of hydrogen-bond donors (Lipinski definition) is 4. The molecule has 2 atom stereocenters. The van der Waals surface area contributed by atoms with Gasteiger partial charge in [0.1, 0.15) is 23.1 Å². The van der Waals surface area contributed by atoms with E-state index in [0.717, 1.165) is 45.2 Å². The fourth-order valence-electron chi connectivity index (χ4n) is 6.49. The fourth-order valence-corrected chi connectivity index (χ4v) is 6.49. The highest BCUT2D eigenvalue weighted by molar-refractivity contribution is 5.87. The van der Waals surface area contributed by atoms with Crippen molar-refractivity contribution in [2.75, 3.05) is 89.4 Å². The maximum Gasteiger partial charge on any atom is 0.242 e. The summed E-state index contributed by atoms with van der Waals surface area (Å²) in [5, 5.41) is 19.5. The Morgan fingerprint density at radius 3 is 1.64 bits per heavy atom. The van der Waals surface area contributed by atoms with Gasteiger partial charge in [0.15, 0.2) is 0 Å². The number of carbonyl (C=O) groups excluding carboxylic acids is 3. The Morgan fingerprint density at radius 1 is 0.661 bits per heavy atom. The van der Waals surface area contributed by atoms with E-state index in [-0.39, 0.29) is 18.4 Å². The van der Waals surface area contributed by atoms with Gasteiger partial charge in [0.25, 0.3) is 0 Å². The average molecular weight is 778 g/mol. The van der Waals surface area contributed by atoms with Crippen LogP contribution in [0.5, 0.6) is 11.5 Å². The van der Waals surface area contributed by atoms with E-state index < -0.39 is 30.2 Å². The van der Waals surface area contributed by atoms with E-state index in [1.54, 1.807) is 14.2 Å². The van der Waals surface area contributed by atoms with Crippen LogP contribution in [0.1, 0.15) is 61.6 Å². The van der Waals surface area contributed by atoms with E-state index in [1.165, 1.54) is 0 Å². The second-order valence-corrected chi connectivity index (χ2v) is 16.4. The van der Waals surface area contributed by atoms with Crippen LogP contribution in [0.4, 0.5) is 0 Å². The van der Waals surface area contributed by atoms with Gasteiger partial charge < -0.3 is 44.2 Å². The molecule has 3 aromatic carbocycles. The van der Waals surface area contributed by atoms with E-state index in [9.17, 15) is 19.5 Å². The molecule has 0 radical (unpaired) electrons.